The molecule has 0 saturated carbocycles. The van der Waals surface area contributed by atoms with E-state index in [1.54, 1.807) is 0 Å². The molecule has 2 nitrogen and oxygen atoms in total. The molecule has 0 bridgehead atoms. The van der Waals surface area contributed by atoms with Crippen LogP contribution in [-0.4, -0.2) is 17.6 Å². The maximum Gasteiger partial charge on any atom is 0.678 e. The molecule has 1 aromatic heterocycles. The van der Waals surface area contributed by atoms with E-state index < -0.39 is 7.40 Å². The molecule has 0 atom stereocenters. The zero-order chi connectivity index (χ0) is 22.4. The number of benzene rings is 2. The molecule has 0 saturated heterocycles. The number of aromatic nitrogens is 1. The van der Waals surface area contributed by atoms with E-state index in [0.717, 1.165) is 56.4 Å². The van der Waals surface area contributed by atoms with Gasteiger partial charge in [-0.15, -0.1) is 0 Å². The van der Waals surface area contributed by atoms with Gasteiger partial charge in [-0.1, -0.05) is 48.9 Å². The van der Waals surface area contributed by atoms with Gasteiger partial charge in [0.15, 0.2) is 0 Å². The van der Waals surface area contributed by atoms with Crippen molar-refractivity contribution in [1.82, 2.24) is 4.48 Å². The van der Waals surface area contributed by atoms with Crippen LogP contribution < -0.4 is 0 Å². The summed E-state index contributed by atoms with van der Waals surface area (Å²) in [5, 5.41) is 1.65. The summed E-state index contributed by atoms with van der Waals surface area (Å²) in [4.78, 5) is 4.70. The average Bonchev–Trinajstić information content (AvgIpc) is 3.16. The molecule has 0 fully saturated rings. The van der Waals surface area contributed by atoms with Crippen LogP contribution in [0.25, 0.3) is 28.1 Å². The molecule has 1 aliphatic rings. The standard InChI is InChI=1S/C26H27BF2N2/c1-7-20-18(5)23(30-19(20)6)14-24-21-10-8-9-11-22(21)26(31(24)27(28)29)25-16(3)12-15(2)13-17(25)4/h8-14H,7H2,1-6H3/b23-14-. The summed E-state index contributed by atoms with van der Waals surface area (Å²) in [5.74, 6) is 0. The van der Waals surface area contributed by atoms with Crippen LogP contribution in [0.3, 0.4) is 0 Å². The molecule has 2 heterocycles. The predicted octanol–water partition coefficient (Wildman–Crippen LogP) is 7.55. The van der Waals surface area contributed by atoms with Crippen LogP contribution in [0.5, 0.6) is 0 Å². The first-order chi connectivity index (χ1) is 14.7. The lowest BCUT2D eigenvalue weighted by atomic mass is 9.94. The highest BCUT2D eigenvalue weighted by atomic mass is 19.2. The lowest BCUT2D eigenvalue weighted by Gasteiger charge is -2.15. The number of halogens is 2. The zero-order valence-electron chi connectivity index (χ0n) is 19.0. The van der Waals surface area contributed by atoms with Crippen LogP contribution in [0.15, 0.2) is 58.2 Å². The van der Waals surface area contributed by atoms with Crippen LogP contribution >= 0.6 is 0 Å². The second kappa shape index (κ2) is 7.95. The van der Waals surface area contributed by atoms with Gasteiger partial charge in [0, 0.05) is 33.4 Å². The predicted molar refractivity (Wildman–Crippen MR) is 129 cm³/mol. The molecule has 0 amide bonds. The van der Waals surface area contributed by atoms with Crippen molar-refractivity contribution >= 4 is 30.0 Å². The van der Waals surface area contributed by atoms with Gasteiger partial charge < -0.3 is 4.48 Å². The molecule has 2 aromatic carbocycles. The van der Waals surface area contributed by atoms with Gasteiger partial charge in [-0.2, -0.15) is 0 Å². The number of aryl methyl sites for hydroxylation is 3. The van der Waals surface area contributed by atoms with E-state index >= 15 is 0 Å². The van der Waals surface area contributed by atoms with Crippen molar-refractivity contribution < 1.29 is 8.63 Å². The van der Waals surface area contributed by atoms with E-state index in [-0.39, 0.29) is 0 Å². The molecule has 158 valence electrons. The van der Waals surface area contributed by atoms with E-state index in [1.807, 2.05) is 65.0 Å². The van der Waals surface area contributed by atoms with Crippen LogP contribution in [0.1, 0.15) is 49.6 Å². The van der Waals surface area contributed by atoms with Crippen molar-refractivity contribution in [2.75, 3.05) is 0 Å². The normalized spacial score (nSPS) is 15.4. The second-order valence-electron chi connectivity index (χ2n) is 8.38. The third-order valence-corrected chi connectivity index (χ3v) is 6.26. The molecule has 31 heavy (non-hydrogen) atoms. The Balaban J connectivity index is 2.10. The van der Waals surface area contributed by atoms with Gasteiger partial charge in [-0.25, -0.2) is 0 Å². The van der Waals surface area contributed by atoms with Gasteiger partial charge in [0.05, 0.1) is 5.70 Å². The highest BCUT2D eigenvalue weighted by Gasteiger charge is 2.29. The lowest BCUT2D eigenvalue weighted by molar-refractivity contribution is 0.631. The van der Waals surface area contributed by atoms with Crippen molar-refractivity contribution in [3.05, 3.63) is 75.6 Å². The topological polar surface area (TPSA) is 17.3 Å². The molecule has 3 aromatic rings. The maximum atomic E-state index is 14.6. The number of nitrogens with zero attached hydrogens (tertiary/aromatic N) is 2. The molecule has 0 unspecified atom stereocenters. The van der Waals surface area contributed by atoms with Crippen molar-refractivity contribution in [1.29, 1.82) is 0 Å². The van der Waals surface area contributed by atoms with Crippen molar-refractivity contribution in [2.45, 2.75) is 48.0 Å². The van der Waals surface area contributed by atoms with E-state index in [4.69, 9.17) is 4.99 Å². The number of hydrogen-bond donors (Lipinski definition) is 0. The highest BCUT2D eigenvalue weighted by Crippen LogP contribution is 2.40. The van der Waals surface area contributed by atoms with Crippen LogP contribution in [0, 0.1) is 20.8 Å². The molecular weight excluding hydrogens is 389 g/mol. The molecule has 0 N–H and O–H groups in total. The monoisotopic (exact) mass is 416 g/mol. The average molecular weight is 416 g/mol. The van der Waals surface area contributed by atoms with Gasteiger partial charge in [0.2, 0.25) is 0 Å². The minimum atomic E-state index is -2.67. The summed E-state index contributed by atoms with van der Waals surface area (Å²) in [6, 6.07) is 11.8. The van der Waals surface area contributed by atoms with Gasteiger partial charge in [0.1, 0.15) is 0 Å². The van der Waals surface area contributed by atoms with Crippen LogP contribution in [-0.2, 0) is 0 Å². The largest absolute Gasteiger partial charge is 0.678 e. The Bertz CT molecular complexity index is 1270. The fourth-order valence-electron chi connectivity index (χ4n) is 5.00. The first-order valence-electron chi connectivity index (χ1n) is 10.7. The third-order valence-electron chi connectivity index (χ3n) is 6.26. The van der Waals surface area contributed by atoms with Gasteiger partial charge >= 0.3 is 7.40 Å². The SMILES string of the molecule is CCC1=C(C)/C(=C/c2c3ccccc3c(-c3c(C)cc(C)cc3C)n2B(F)F)N=C1C. The second-order valence-corrected chi connectivity index (χ2v) is 8.38. The Kier molecular flexibility index (Phi) is 5.46. The molecule has 0 radical (unpaired) electrons. The Hall–Kier alpha value is -2.95. The fraction of sp³-hybridized carbons (Fsp3) is 0.269. The summed E-state index contributed by atoms with van der Waals surface area (Å²) in [6.07, 6.45) is 2.71. The number of allylic oxidation sites excluding steroid dienone is 2. The van der Waals surface area contributed by atoms with Crippen molar-refractivity contribution in [2.24, 2.45) is 4.99 Å². The van der Waals surface area contributed by atoms with E-state index in [0.29, 0.717) is 11.4 Å². The molecule has 0 aliphatic carbocycles. The van der Waals surface area contributed by atoms with Crippen molar-refractivity contribution in [3.8, 4) is 11.3 Å². The van der Waals surface area contributed by atoms with Crippen LogP contribution in [0.4, 0.5) is 8.63 Å². The van der Waals surface area contributed by atoms with E-state index in [9.17, 15) is 8.63 Å². The summed E-state index contributed by atoms with van der Waals surface area (Å²) in [6.45, 7) is 12.1. The number of hydrogen-bond acceptors (Lipinski definition) is 1. The molecule has 5 heteroatoms. The minimum absolute atomic E-state index is 0.503. The van der Waals surface area contributed by atoms with Crippen molar-refractivity contribution in [3.63, 3.8) is 0 Å². The Morgan fingerprint density at radius 1 is 0.968 bits per heavy atom. The Labute approximate surface area is 183 Å². The first kappa shape index (κ1) is 21.3. The minimum Gasteiger partial charge on any atom is -0.324 e. The van der Waals surface area contributed by atoms with Gasteiger partial charge in [0.25, 0.3) is 0 Å². The first-order valence-corrected chi connectivity index (χ1v) is 10.7. The fourth-order valence-corrected chi connectivity index (χ4v) is 5.00. The molecule has 0 spiro atoms. The highest BCUT2D eigenvalue weighted by molar-refractivity contribution is 6.43. The lowest BCUT2D eigenvalue weighted by Crippen LogP contribution is -2.16. The van der Waals surface area contributed by atoms with Crippen LogP contribution in [0.2, 0.25) is 0 Å². The van der Waals surface area contributed by atoms with Gasteiger partial charge in [-0.05, 0) is 69.4 Å². The van der Waals surface area contributed by atoms with Gasteiger partial charge in [-0.3, -0.25) is 13.6 Å². The molecular formula is C26H27BF2N2. The van der Waals surface area contributed by atoms with E-state index in [1.165, 1.54) is 10.1 Å². The maximum absolute atomic E-state index is 14.6. The Morgan fingerprint density at radius 3 is 2.13 bits per heavy atom. The third kappa shape index (κ3) is 3.46. The summed E-state index contributed by atoms with van der Waals surface area (Å²) in [5.41, 5.74) is 9.07. The summed E-state index contributed by atoms with van der Waals surface area (Å²) in [7, 11) is -2.67. The Morgan fingerprint density at radius 2 is 1.58 bits per heavy atom. The molecule has 1 aliphatic heterocycles. The number of aliphatic imine (C=N–C) groups is 1. The smallest absolute Gasteiger partial charge is 0.324 e. The zero-order valence-corrected chi connectivity index (χ0v) is 19.0. The number of rotatable bonds is 4. The molecule has 4 rings (SSSR count). The quantitative estimate of drug-likeness (QED) is 0.391. The summed E-state index contributed by atoms with van der Waals surface area (Å²) < 4.78 is 30.4. The summed E-state index contributed by atoms with van der Waals surface area (Å²) >= 11 is 0. The number of fused-ring (bicyclic) bond motifs is 1. The van der Waals surface area contributed by atoms with E-state index in [2.05, 4.69) is 19.1 Å².